The second-order valence-electron chi connectivity index (χ2n) is 7.02. The fraction of sp³-hybridized carbons (Fsp3) is 0.0435. The number of carbonyl (C=O) groups excluding carboxylic acids is 2. The lowest BCUT2D eigenvalue weighted by Gasteiger charge is -2.16. The van der Waals surface area contributed by atoms with Gasteiger partial charge in [-0.15, -0.1) is 0 Å². The first-order valence-electron chi connectivity index (χ1n) is 9.43. The maximum atomic E-state index is 13.8. The molecule has 0 saturated heterocycles. The summed E-state index contributed by atoms with van der Waals surface area (Å²) in [7, 11) is 0. The predicted octanol–water partition coefficient (Wildman–Crippen LogP) is 5.09. The van der Waals surface area contributed by atoms with Gasteiger partial charge in [0, 0.05) is 22.8 Å². The van der Waals surface area contributed by atoms with Crippen LogP contribution >= 0.6 is 11.6 Å². The number of amides is 2. The second kappa shape index (κ2) is 8.24. The zero-order chi connectivity index (χ0) is 23.0. The molecule has 32 heavy (non-hydrogen) atoms. The quantitative estimate of drug-likeness (QED) is 0.331. The van der Waals surface area contributed by atoms with Crippen LogP contribution in [-0.2, 0) is 9.59 Å². The molecule has 3 aromatic rings. The van der Waals surface area contributed by atoms with E-state index in [-0.39, 0.29) is 22.6 Å². The lowest BCUT2D eigenvalue weighted by Crippen LogP contribution is -2.32. The molecule has 1 aliphatic heterocycles. The number of benzene rings is 3. The van der Waals surface area contributed by atoms with Gasteiger partial charge < -0.3 is 5.32 Å². The molecule has 9 heteroatoms. The zero-order valence-electron chi connectivity index (χ0n) is 16.6. The second-order valence-corrected chi connectivity index (χ2v) is 7.42. The maximum absolute atomic E-state index is 13.8. The summed E-state index contributed by atoms with van der Waals surface area (Å²) in [6, 6.07) is 15.5. The van der Waals surface area contributed by atoms with Crippen molar-refractivity contribution in [2.45, 2.75) is 6.92 Å². The molecule has 3 aromatic carbocycles. The van der Waals surface area contributed by atoms with Crippen LogP contribution < -0.4 is 10.2 Å². The van der Waals surface area contributed by atoms with Gasteiger partial charge in [-0.05, 0) is 60.5 Å². The molecule has 7 nitrogen and oxygen atoms in total. The highest BCUT2D eigenvalue weighted by atomic mass is 35.5. The Labute approximate surface area is 186 Å². The van der Waals surface area contributed by atoms with Crippen LogP contribution in [0.1, 0.15) is 11.1 Å². The molecule has 0 aromatic heterocycles. The Kier molecular flexibility index (Phi) is 5.46. The van der Waals surface area contributed by atoms with E-state index in [0.29, 0.717) is 21.8 Å². The van der Waals surface area contributed by atoms with Gasteiger partial charge in [0.05, 0.1) is 16.2 Å². The SMILES string of the molecule is Cc1c(Cl)cccc1NC1=C(c2ccc([N+](=O)[O-])cc2)C(=O)N(c2cccc(F)c2)C1=O. The third-order valence-electron chi connectivity index (χ3n) is 5.04. The summed E-state index contributed by atoms with van der Waals surface area (Å²) < 4.78 is 13.8. The van der Waals surface area contributed by atoms with E-state index in [1.165, 1.54) is 42.5 Å². The van der Waals surface area contributed by atoms with Gasteiger partial charge in [0.25, 0.3) is 17.5 Å². The summed E-state index contributed by atoms with van der Waals surface area (Å²) in [6.45, 7) is 1.75. The maximum Gasteiger partial charge on any atom is 0.282 e. The molecular weight excluding hydrogens is 437 g/mol. The number of nitrogens with one attached hydrogen (secondary N) is 1. The number of carbonyl (C=O) groups is 2. The topological polar surface area (TPSA) is 92.6 Å². The molecule has 0 aliphatic carbocycles. The van der Waals surface area contributed by atoms with Gasteiger partial charge in [0.15, 0.2) is 0 Å². The normalized spacial score (nSPS) is 13.7. The lowest BCUT2D eigenvalue weighted by atomic mass is 10.0. The highest BCUT2D eigenvalue weighted by Crippen LogP contribution is 2.35. The number of rotatable bonds is 5. The predicted molar refractivity (Wildman–Crippen MR) is 119 cm³/mol. The zero-order valence-corrected chi connectivity index (χ0v) is 17.4. The van der Waals surface area contributed by atoms with Crippen molar-refractivity contribution in [2.24, 2.45) is 0 Å². The lowest BCUT2D eigenvalue weighted by molar-refractivity contribution is -0.384. The minimum absolute atomic E-state index is 0.00790. The molecular formula is C23H15ClFN3O4. The van der Waals surface area contributed by atoms with Crippen LogP contribution in [0.5, 0.6) is 0 Å². The van der Waals surface area contributed by atoms with Gasteiger partial charge in [-0.2, -0.15) is 0 Å². The molecule has 0 spiro atoms. The summed E-state index contributed by atoms with van der Waals surface area (Å²) in [6.07, 6.45) is 0. The fourth-order valence-electron chi connectivity index (χ4n) is 3.39. The van der Waals surface area contributed by atoms with Crippen molar-refractivity contribution in [3.8, 4) is 0 Å². The van der Waals surface area contributed by atoms with Gasteiger partial charge in [-0.3, -0.25) is 19.7 Å². The summed E-state index contributed by atoms with van der Waals surface area (Å²) in [5, 5.41) is 14.4. The van der Waals surface area contributed by atoms with Crippen molar-refractivity contribution in [2.75, 3.05) is 10.2 Å². The van der Waals surface area contributed by atoms with Crippen molar-refractivity contribution in [1.29, 1.82) is 0 Å². The van der Waals surface area contributed by atoms with E-state index in [0.717, 1.165) is 11.0 Å². The number of nitro benzene ring substituents is 1. The van der Waals surface area contributed by atoms with Crippen LogP contribution in [0, 0.1) is 22.9 Å². The number of anilines is 2. The Morgan fingerprint density at radius 2 is 1.69 bits per heavy atom. The van der Waals surface area contributed by atoms with E-state index < -0.39 is 22.6 Å². The Morgan fingerprint density at radius 3 is 2.34 bits per heavy atom. The molecule has 1 N–H and O–H groups in total. The first-order valence-corrected chi connectivity index (χ1v) is 9.81. The van der Waals surface area contributed by atoms with Crippen LogP contribution in [0.3, 0.4) is 0 Å². The van der Waals surface area contributed by atoms with Gasteiger partial charge >= 0.3 is 0 Å². The Balaban J connectivity index is 1.85. The highest BCUT2D eigenvalue weighted by molar-refractivity contribution is 6.46. The Hall–Kier alpha value is -4.04. The number of non-ortho nitro benzene ring substituents is 1. The van der Waals surface area contributed by atoms with E-state index >= 15 is 0 Å². The summed E-state index contributed by atoms with van der Waals surface area (Å²) in [5.74, 6) is -1.97. The minimum Gasteiger partial charge on any atom is -0.350 e. The van der Waals surface area contributed by atoms with E-state index in [1.54, 1.807) is 25.1 Å². The van der Waals surface area contributed by atoms with Crippen molar-refractivity contribution in [1.82, 2.24) is 0 Å². The molecule has 160 valence electrons. The number of hydrogen-bond donors (Lipinski definition) is 1. The van der Waals surface area contributed by atoms with Crippen molar-refractivity contribution in [3.63, 3.8) is 0 Å². The molecule has 0 fully saturated rings. The van der Waals surface area contributed by atoms with Crippen molar-refractivity contribution < 1.29 is 18.9 Å². The summed E-state index contributed by atoms with van der Waals surface area (Å²) >= 11 is 6.18. The van der Waals surface area contributed by atoms with E-state index in [1.807, 2.05) is 0 Å². The van der Waals surface area contributed by atoms with Crippen molar-refractivity contribution >= 4 is 46.1 Å². The molecule has 0 atom stereocenters. The van der Waals surface area contributed by atoms with Gasteiger partial charge in [0.1, 0.15) is 11.5 Å². The first-order chi connectivity index (χ1) is 15.3. The monoisotopic (exact) mass is 451 g/mol. The molecule has 1 aliphatic rings. The number of hydrogen-bond acceptors (Lipinski definition) is 5. The van der Waals surface area contributed by atoms with Crippen LogP contribution in [0.4, 0.5) is 21.5 Å². The van der Waals surface area contributed by atoms with Crippen LogP contribution in [0.25, 0.3) is 5.57 Å². The third-order valence-corrected chi connectivity index (χ3v) is 5.45. The minimum atomic E-state index is -0.687. The van der Waals surface area contributed by atoms with Crippen LogP contribution in [0.15, 0.2) is 72.4 Å². The summed E-state index contributed by atoms with van der Waals surface area (Å²) in [4.78, 5) is 37.9. The average Bonchev–Trinajstić information content (AvgIpc) is 3.01. The molecule has 2 amide bonds. The standard InChI is InChI=1S/C23H15ClFN3O4/c1-13-18(24)6-3-7-19(13)26-21-20(14-8-10-16(11-9-14)28(31)32)22(29)27(23(21)30)17-5-2-4-15(25)12-17/h2-12,26H,1H3. The number of nitrogens with zero attached hydrogens (tertiary/aromatic N) is 2. The Bertz CT molecular complexity index is 1300. The van der Waals surface area contributed by atoms with Gasteiger partial charge in [0.2, 0.25) is 0 Å². The van der Waals surface area contributed by atoms with Crippen LogP contribution in [-0.4, -0.2) is 16.7 Å². The van der Waals surface area contributed by atoms with Gasteiger partial charge in [-0.1, -0.05) is 23.7 Å². The average molecular weight is 452 g/mol. The highest BCUT2D eigenvalue weighted by Gasteiger charge is 2.40. The van der Waals surface area contributed by atoms with Gasteiger partial charge in [-0.25, -0.2) is 9.29 Å². The molecule has 4 rings (SSSR count). The largest absolute Gasteiger partial charge is 0.350 e. The summed E-state index contributed by atoms with van der Waals surface area (Å²) in [5.41, 5.74) is 1.35. The van der Waals surface area contributed by atoms with E-state index in [9.17, 15) is 24.1 Å². The number of imide groups is 1. The van der Waals surface area contributed by atoms with Crippen molar-refractivity contribution in [3.05, 3.63) is 105 Å². The van der Waals surface area contributed by atoms with Crippen LogP contribution in [0.2, 0.25) is 5.02 Å². The molecule has 0 unspecified atom stereocenters. The molecule has 0 bridgehead atoms. The number of nitro groups is 1. The third kappa shape index (κ3) is 3.72. The number of halogens is 2. The van der Waals surface area contributed by atoms with E-state index in [4.69, 9.17) is 11.6 Å². The molecule has 0 radical (unpaired) electrons. The fourth-order valence-corrected chi connectivity index (χ4v) is 3.57. The van der Waals surface area contributed by atoms with E-state index in [2.05, 4.69) is 5.32 Å². The first kappa shape index (κ1) is 21.2. The smallest absolute Gasteiger partial charge is 0.282 e. The molecule has 1 heterocycles. The molecule has 0 saturated carbocycles. The Morgan fingerprint density at radius 1 is 1.00 bits per heavy atom.